The lowest BCUT2D eigenvalue weighted by molar-refractivity contribution is -0.215. The molecule has 6 nitrogen and oxygen atoms in total. The van der Waals surface area contributed by atoms with Gasteiger partial charge in [0.15, 0.2) is 8.32 Å². The summed E-state index contributed by atoms with van der Waals surface area (Å²) in [4.78, 5) is 8.77. The Bertz CT molecular complexity index is 276. The van der Waals surface area contributed by atoms with Gasteiger partial charge in [0.1, 0.15) is 0 Å². The fourth-order valence-electron chi connectivity index (χ4n) is 0.795. The summed E-state index contributed by atoms with van der Waals surface area (Å²) in [6.45, 7) is 10.3. The van der Waals surface area contributed by atoms with Crippen LogP contribution < -0.4 is 0 Å². The number of aliphatic hydroxyl groups is 1. The third-order valence-corrected chi connectivity index (χ3v) is 7.59. The lowest BCUT2D eigenvalue weighted by Crippen LogP contribution is -2.45. The molecule has 0 aromatic heterocycles. The number of ether oxygens (including phenoxy) is 1. The van der Waals surface area contributed by atoms with Crippen LogP contribution in [0.5, 0.6) is 0 Å². The summed E-state index contributed by atoms with van der Waals surface area (Å²) >= 11 is 0. The van der Waals surface area contributed by atoms with Gasteiger partial charge in [0.05, 0.1) is 12.7 Å². The van der Waals surface area contributed by atoms with Crippen LogP contribution in [0.2, 0.25) is 18.1 Å². The SMILES string of the molecule is CC(O)COC(O[P+](=O)O)O[Si](C)(C)C(C)(C)C. The molecular formula is C10H24O6PSi+. The normalized spacial score (nSPS) is 17.4. The fourth-order valence-corrected chi connectivity index (χ4v) is 2.08. The van der Waals surface area contributed by atoms with Gasteiger partial charge < -0.3 is 14.3 Å². The van der Waals surface area contributed by atoms with Crippen LogP contribution >= 0.6 is 8.25 Å². The zero-order valence-electron chi connectivity index (χ0n) is 11.8. The van der Waals surface area contributed by atoms with E-state index in [4.69, 9.17) is 19.2 Å². The van der Waals surface area contributed by atoms with Gasteiger partial charge in [-0.05, 0) is 25.1 Å². The minimum Gasteiger partial charge on any atom is -0.391 e. The third kappa shape index (κ3) is 6.89. The highest BCUT2D eigenvalue weighted by Gasteiger charge is 2.42. The predicted octanol–water partition coefficient (Wildman–Crippen LogP) is 2.36. The summed E-state index contributed by atoms with van der Waals surface area (Å²) in [6.07, 6.45) is -0.698. The molecule has 3 atom stereocenters. The van der Waals surface area contributed by atoms with Crippen molar-refractivity contribution in [2.24, 2.45) is 0 Å². The highest BCUT2D eigenvalue weighted by molar-refractivity contribution is 7.32. The van der Waals surface area contributed by atoms with E-state index in [1.807, 2.05) is 33.9 Å². The van der Waals surface area contributed by atoms with Gasteiger partial charge in [0.25, 0.3) is 0 Å². The van der Waals surface area contributed by atoms with Crippen molar-refractivity contribution in [1.29, 1.82) is 0 Å². The van der Waals surface area contributed by atoms with Crippen molar-refractivity contribution < 1.29 is 28.3 Å². The zero-order chi connectivity index (χ0) is 14.6. The number of hydrogen-bond donors (Lipinski definition) is 2. The first-order valence-corrected chi connectivity index (χ1v) is 9.80. The molecular weight excluding hydrogens is 275 g/mol. The van der Waals surface area contributed by atoms with Crippen LogP contribution in [0.3, 0.4) is 0 Å². The molecule has 0 rings (SSSR count). The molecule has 0 aliphatic carbocycles. The van der Waals surface area contributed by atoms with Crippen LogP contribution in [-0.4, -0.2) is 37.5 Å². The quantitative estimate of drug-likeness (QED) is 0.426. The van der Waals surface area contributed by atoms with Gasteiger partial charge in [0.2, 0.25) is 0 Å². The van der Waals surface area contributed by atoms with Gasteiger partial charge in [0, 0.05) is 4.57 Å². The molecule has 3 unspecified atom stereocenters. The summed E-state index contributed by atoms with van der Waals surface area (Å²) in [7, 11) is -5.00. The molecule has 8 heteroatoms. The lowest BCUT2D eigenvalue weighted by atomic mass is 10.2. The molecule has 0 aromatic rings. The number of hydrogen-bond acceptors (Lipinski definition) is 5. The van der Waals surface area contributed by atoms with E-state index in [0.29, 0.717) is 0 Å². The topological polar surface area (TPSA) is 85.2 Å². The molecule has 108 valence electrons. The molecule has 0 radical (unpaired) electrons. The minimum atomic E-state index is -2.82. The minimum absolute atomic E-state index is 0.0253. The van der Waals surface area contributed by atoms with Gasteiger partial charge in [-0.2, -0.15) is 0 Å². The predicted molar refractivity (Wildman–Crippen MR) is 70.6 cm³/mol. The van der Waals surface area contributed by atoms with E-state index in [0.717, 1.165) is 0 Å². The standard InChI is InChI=1S/C10H23O6PSi/c1-8(11)7-14-9(15-17(12)13)16-18(5,6)10(2,3)4/h8-9,11H,7H2,1-6H3/p+1. The first kappa shape index (κ1) is 18.1. The second-order valence-electron chi connectivity index (χ2n) is 5.69. The Morgan fingerprint density at radius 1 is 1.33 bits per heavy atom. The molecule has 0 spiro atoms. The van der Waals surface area contributed by atoms with Crippen LogP contribution in [-0.2, 0) is 18.3 Å². The first-order chi connectivity index (χ1) is 7.95. The maximum Gasteiger partial charge on any atom is 0.700 e. The Balaban J connectivity index is 4.62. The van der Waals surface area contributed by atoms with Crippen molar-refractivity contribution >= 4 is 16.6 Å². The monoisotopic (exact) mass is 299 g/mol. The van der Waals surface area contributed by atoms with E-state index < -0.39 is 29.2 Å². The fraction of sp³-hybridized carbons (Fsp3) is 1.00. The smallest absolute Gasteiger partial charge is 0.391 e. The number of aliphatic hydroxyl groups excluding tert-OH is 1. The summed E-state index contributed by atoms with van der Waals surface area (Å²) in [6, 6.07) is 0. The van der Waals surface area contributed by atoms with Gasteiger partial charge in [-0.3, -0.25) is 0 Å². The van der Waals surface area contributed by atoms with Crippen molar-refractivity contribution in [2.75, 3.05) is 6.61 Å². The van der Waals surface area contributed by atoms with E-state index >= 15 is 0 Å². The second kappa shape index (κ2) is 7.05. The zero-order valence-corrected chi connectivity index (χ0v) is 13.7. The van der Waals surface area contributed by atoms with Crippen molar-refractivity contribution in [3.8, 4) is 0 Å². The van der Waals surface area contributed by atoms with Crippen LogP contribution in [0.15, 0.2) is 0 Å². The lowest BCUT2D eigenvalue weighted by Gasteiger charge is -2.37. The number of rotatable bonds is 7. The molecule has 2 N–H and O–H groups in total. The van der Waals surface area contributed by atoms with E-state index in [1.54, 1.807) is 6.92 Å². The van der Waals surface area contributed by atoms with Gasteiger partial charge in [-0.25, -0.2) is 0 Å². The van der Waals surface area contributed by atoms with Crippen molar-refractivity contribution in [2.45, 2.75) is 58.4 Å². The van der Waals surface area contributed by atoms with Gasteiger partial charge in [-0.1, -0.05) is 25.3 Å². The Morgan fingerprint density at radius 3 is 2.17 bits per heavy atom. The highest BCUT2D eigenvalue weighted by Crippen LogP contribution is 2.38. The van der Waals surface area contributed by atoms with Gasteiger partial charge >= 0.3 is 14.7 Å². The maximum atomic E-state index is 10.7. The molecule has 0 bridgehead atoms. The Labute approximate surface area is 110 Å². The van der Waals surface area contributed by atoms with E-state index in [-0.39, 0.29) is 11.6 Å². The van der Waals surface area contributed by atoms with Crippen molar-refractivity contribution in [3.63, 3.8) is 0 Å². The molecule has 0 aliphatic rings. The summed E-state index contributed by atoms with van der Waals surface area (Å²) in [5.74, 6) is 0. The van der Waals surface area contributed by atoms with E-state index in [2.05, 4.69) is 4.52 Å². The molecule has 0 saturated heterocycles. The van der Waals surface area contributed by atoms with Crippen LogP contribution in [0.4, 0.5) is 0 Å². The molecule has 0 heterocycles. The molecule has 0 fully saturated rings. The van der Waals surface area contributed by atoms with Gasteiger partial charge in [-0.15, -0.1) is 4.89 Å². The molecule has 18 heavy (non-hydrogen) atoms. The summed E-state index contributed by atoms with van der Waals surface area (Å²) < 4.78 is 26.2. The second-order valence-corrected chi connectivity index (χ2v) is 11.1. The largest absolute Gasteiger partial charge is 0.700 e. The average Bonchev–Trinajstić information content (AvgIpc) is 2.10. The third-order valence-electron chi connectivity index (χ3n) is 2.85. The van der Waals surface area contributed by atoms with Crippen molar-refractivity contribution in [1.82, 2.24) is 0 Å². The molecule has 0 amide bonds. The van der Waals surface area contributed by atoms with Crippen LogP contribution in [0.25, 0.3) is 0 Å². The average molecular weight is 299 g/mol. The Hall–Kier alpha value is 0.117. The summed E-state index contributed by atoms with van der Waals surface area (Å²) in [5, 5.41) is 9.05. The van der Waals surface area contributed by atoms with E-state index in [9.17, 15) is 4.57 Å². The van der Waals surface area contributed by atoms with E-state index in [1.165, 1.54) is 0 Å². The highest BCUT2D eigenvalue weighted by atomic mass is 31.1. The van der Waals surface area contributed by atoms with Crippen molar-refractivity contribution in [3.05, 3.63) is 0 Å². The maximum absolute atomic E-state index is 10.7. The molecule has 0 aromatic carbocycles. The van der Waals surface area contributed by atoms with Crippen LogP contribution in [0, 0.1) is 0 Å². The van der Waals surface area contributed by atoms with Crippen LogP contribution in [0.1, 0.15) is 27.7 Å². The molecule has 0 aliphatic heterocycles. The molecule has 0 saturated carbocycles. The Kier molecular flexibility index (Phi) is 7.09. The summed E-state index contributed by atoms with van der Waals surface area (Å²) in [5.41, 5.74) is 0. The Morgan fingerprint density at radius 2 is 1.83 bits per heavy atom. The first-order valence-electron chi connectivity index (χ1n) is 5.76.